The molecule has 0 saturated heterocycles. The van der Waals surface area contributed by atoms with Gasteiger partial charge in [0.2, 0.25) is 6.79 Å². The van der Waals surface area contributed by atoms with Gasteiger partial charge in [-0.25, -0.2) is 5.43 Å². The normalized spacial score (nSPS) is 12.4. The van der Waals surface area contributed by atoms with Gasteiger partial charge in [0, 0.05) is 25.3 Å². The molecule has 0 atom stereocenters. The average Bonchev–Trinajstić information content (AvgIpc) is 3.02. The van der Waals surface area contributed by atoms with Crippen molar-refractivity contribution in [1.82, 2.24) is 5.43 Å². The fourth-order valence-electron chi connectivity index (χ4n) is 2.13. The van der Waals surface area contributed by atoms with Gasteiger partial charge in [-0.1, -0.05) is 0 Å². The van der Waals surface area contributed by atoms with Crippen molar-refractivity contribution in [3.05, 3.63) is 53.6 Å². The van der Waals surface area contributed by atoms with E-state index in [2.05, 4.69) is 10.5 Å². The first-order chi connectivity index (χ1) is 11.1. The fourth-order valence-corrected chi connectivity index (χ4v) is 2.13. The largest absolute Gasteiger partial charge is 0.454 e. The lowest BCUT2D eigenvalue weighted by Crippen LogP contribution is -2.17. The Bertz CT molecular complexity index is 739. The Morgan fingerprint density at radius 1 is 1.13 bits per heavy atom. The summed E-state index contributed by atoms with van der Waals surface area (Å²) in [6, 6.07) is 12.8. The molecule has 0 radical (unpaired) electrons. The Morgan fingerprint density at radius 3 is 2.61 bits per heavy atom. The van der Waals surface area contributed by atoms with Gasteiger partial charge < -0.3 is 14.4 Å². The second-order valence-corrected chi connectivity index (χ2v) is 5.25. The molecular formula is C17H17N3O3. The van der Waals surface area contributed by atoms with Crippen LogP contribution in [0.1, 0.15) is 15.9 Å². The third-order valence-corrected chi connectivity index (χ3v) is 3.42. The van der Waals surface area contributed by atoms with E-state index in [0.717, 1.165) is 11.3 Å². The Kier molecular flexibility index (Phi) is 4.14. The Balaban J connectivity index is 1.62. The van der Waals surface area contributed by atoms with Gasteiger partial charge in [0.25, 0.3) is 5.91 Å². The third-order valence-electron chi connectivity index (χ3n) is 3.42. The summed E-state index contributed by atoms with van der Waals surface area (Å²) in [5.41, 5.74) is 4.91. The zero-order valence-corrected chi connectivity index (χ0v) is 12.9. The van der Waals surface area contributed by atoms with Gasteiger partial charge in [-0.3, -0.25) is 4.79 Å². The van der Waals surface area contributed by atoms with Crippen molar-refractivity contribution in [1.29, 1.82) is 0 Å². The average molecular weight is 311 g/mol. The molecule has 3 rings (SSSR count). The van der Waals surface area contributed by atoms with Crippen LogP contribution in [0.4, 0.5) is 5.69 Å². The summed E-state index contributed by atoms with van der Waals surface area (Å²) in [7, 11) is 3.90. The standard InChI is InChI=1S/C17H17N3O3/c1-20(2)14-6-4-13(5-7-14)17(21)19-18-10-12-3-8-15-16(9-12)23-11-22-15/h3-10H,11H2,1-2H3,(H,19,21). The van der Waals surface area contributed by atoms with Gasteiger partial charge in [0.05, 0.1) is 6.21 Å². The number of nitrogens with zero attached hydrogens (tertiary/aromatic N) is 2. The maximum Gasteiger partial charge on any atom is 0.271 e. The second-order valence-electron chi connectivity index (χ2n) is 5.25. The number of carbonyl (C=O) groups excluding carboxylic acids is 1. The number of ether oxygens (including phenoxy) is 2. The number of hydrogen-bond acceptors (Lipinski definition) is 5. The molecular weight excluding hydrogens is 294 g/mol. The van der Waals surface area contributed by atoms with Gasteiger partial charge in [-0.2, -0.15) is 5.10 Å². The predicted molar refractivity (Wildman–Crippen MR) is 88.4 cm³/mol. The maximum absolute atomic E-state index is 12.0. The van der Waals surface area contributed by atoms with E-state index in [1.807, 2.05) is 49.3 Å². The van der Waals surface area contributed by atoms with E-state index < -0.39 is 0 Å². The van der Waals surface area contributed by atoms with E-state index in [-0.39, 0.29) is 12.7 Å². The number of amides is 1. The molecule has 23 heavy (non-hydrogen) atoms. The summed E-state index contributed by atoms with van der Waals surface area (Å²) in [6.45, 7) is 0.232. The fraction of sp³-hybridized carbons (Fsp3) is 0.176. The molecule has 1 heterocycles. The molecule has 0 bridgehead atoms. The van der Waals surface area contributed by atoms with Crippen LogP contribution in [0.2, 0.25) is 0 Å². The monoisotopic (exact) mass is 311 g/mol. The highest BCUT2D eigenvalue weighted by Crippen LogP contribution is 2.31. The van der Waals surface area contributed by atoms with Crippen molar-refractivity contribution in [2.45, 2.75) is 0 Å². The quantitative estimate of drug-likeness (QED) is 0.695. The predicted octanol–water partition coefficient (Wildman–Crippen LogP) is 2.25. The Labute approximate surface area is 134 Å². The number of nitrogens with one attached hydrogen (secondary N) is 1. The SMILES string of the molecule is CN(C)c1ccc(C(=O)NN=Cc2ccc3c(c2)OCO3)cc1. The van der Waals surface area contributed by atoms with Crippen LogP contribution >= 0.6 is 0 Å². The van der Waals surface area contributed by atoms with Gasteiger partial charge >= 0.3 is 0 Å². The number of fused-ring (bicyclic) bond motifs is 1. The third kappa shape index (κ3) is 3.42. The minimum absolute atomic E-state index is 0.232. The van der Waals surface area contributed by atoms with Crippen LogP contribution in [-0.4, -0.2) is 33.0 Å². The van der Waals surface area contributed by atoms with E-state index in [9.17, 15) is 4.79 Å². The van der Waals surface area contributed by atoms with Crippen molar-refractivity contribution in [3.8, 4) is 11.5 Å². The molecule has 0 aliphatic carbocycles. The van der Waals surface area contributed by atoms with Crippen LogP contribution in [0, 0.1) is 0 Å². The smallest absolute Gasteiger partial charge is 0.271 e. The number of rotatable bonds is 4. The molecule has 6 heteroatoms. The highest BCUT2D eigenvalue weighted by atomic mass is 16.7. The molecule has 0 fully saturated rings. The van der Waals surface area contributed by atoms with Crippen LogP contribution in [-0.2, 0) is 0 Å². The summed E-state index contributed by atoms with van der Waals surface area (Å²) in [5, 5.41) is 3.97. The first-order valence-corrected chi connectivity index (χ1v) is 7.14. The van der Waals surface area contributed by atoms with Crippen LogP contribution in [0.5, 0.6) is 11.5 Å². The molecule has 0 unspecified atom stereocenters. The van der Waals surface area contributed by atoms with Crippen molar-refractivity contribution in [2.24, 2.45) is 5.10 Å². The number of carbonyl (C=O) groups is 1. The van der Waals surface area contributed by atoms with Gasteiger partial charge in [-0.15, -0.1) is 0 Å². The van der Waals surface area contributed by atoms with Gasteiger partial charge in [0.15, 0.2) is 11.5 Å². The van der Waals surface area contributed by atoms with Crippen LogP contribution in [0.3, 0.4) is 0 Å². The van der Waals surface area contributed by atoms with Gasteiger partial charge in [0.1, 0.15) is 0 Å². The Hall–Kier alpha value is -3.02. The number of benzene rings is 2. The van der Waals surface area contributed by atoms with Crippen molar-refractivity contribution >= 4 is 17.8 Å². The molecule has 0 saturated carbocycles. The lowest BCUT2D eigenvalue weighted by molar-refractivity contribution is 0.0955. The number of hydrogen-bond donors (Lipinski definition) is 1. The molecule has 1 aliphatic rings. The molecule has 2 aromatic rings. The summed E-state index contributed by atoms with van der Waals surface area (Å²) < 4.78 is 10.5. The maximum atomic E-state index is 12.0. The van der Waals surface area contributed by atoms with E-state index in [1.54, 1.807) is 18.3 Å². The molecule has 2 aromatic carbocycles. The first-order valence-electron chi connectivity index (χ1n) is 7.14. The summed E-state index contributed by atoms with van der Waals surface area (Å²) in [4.78, 5) is 14.0. The summed E-state index contributed by atoms with van der Waals surface area (Å²) in [5.74, 6) is 1.14. The number of hydrazone groups is 1. The minimum Gasteiger partial charge on any atom is -0.454 e. The minimum atomic E-state index is -0.257. The lowest BCUT2D eigenvalue weighted by Gasteiger charge is -2.12. The lowest BCUT2D eigenvalue weighted by atomic mass is 10.2. The van der Waals surface area contributed by atoms with Crippen molar-refractivity contribution < 1.29 is 14.3 Å². The molecule has 1 aliphatic heterocycles. The Morgan fingerprint density at radius 2 is 1.87 bits per heavy atom. The molecule has 118 valence electrons. The zero-order valence-electron chi connectivity index (χ0n) is 12.9. The molecule has 6 nitrogen and oxygen atoms in total. The summed E-state index contributed by atoms with van der Waals surface area (Å²) >= 11 is 0. The second kappa shape index (κ2) is 6.39. The zero-order chi connectivity index (χ0) is 16.2. The van der Waals surface area contributed by atoms with E-state index in [4.69, 9.17) is 9.47 Å². The highest BCUT2D eigenvalue weighted by Gasteiger charge is 2.12. The van der Waals surface area contributed by atoms with Crippen molar-refractivity contribution in [2.75, 3.05) is 25.8 Å². The molecule has 0 aromatic heterocycles. The van der Waals surface area contributed by atoms with Crippen LogP contribution < -0.4 is 19.8 Å². The van der Waals surface area contributed by atoms with Crippen molar-refractivity contribution in [3.63, 3.8) is 0 Å². The number of anilines is 1. The van der Waals surface area contributed by atoms with Crippen LogP contribution in [0.25, 0.3) is 0 Å². The topological polar surface area (TPSA) is 63.2 Å². The highest BCUT2D eigenvalue weighted by molar-refractivity contribution is 5.95. The van der Waals surface area contributed by atoms with E-state index in [0.29, 0.717) is 17.1 Å². The molecule has 0 spiro atoms. The van der Waals surface area contributed by atoms with Gasteiger partial charge in [-0.05, 0) is 48.0 Å². The summed E-state index contributed by atoms with van der Waals surface area (Å²) in [6.07, 6.45) is 1.56. The van der Waals surface area contributed by atoms with E-state index >= 15 is 0 Å². The van der Waals surface area contributed by atoms with E-state index in [1.165, 1.54) is 0 Å². The first kappa shape index (κ1) is 14.9. The molecule has 1 N–H and O–H groups in total. The molecule has 1 amide bonds. The van der Waals surface area contributed by atoms with Crippen LogP contribution in [0.15, 0.2) is 47.6 Å².